The molecule has 4 nitrogen and oxygen atoms in total. The molecule has 0 bridgehead atoms. The van der Waals surface area contributed by atoms with Crippen molar-refractivity contribution in [1.82, 2.24) is 9.97 Å². The number of phenolic OH excluding ortho intramolecular Hbond substituents is 1. The smallest absolute Gasteiger partial charge is 0.230 e. The molecule has 5 heteroatoms. The second-order valence-electron chi connectivity index (χ2n) is 12.9. The van der Waals surface area contributed by atoms with Crippen molar-refractivity contribution in [3.8, 4) is 50.7 Å². The zero-order valence-corrected chi connectivity index (χ0v) is 27.6. The summed E-state index contributed by atoms with van der Waals surface area (Å²) < 4.78 is 6.26. The molecule has 0 aliphatic carbocycles. The fourth-order valence-electron chi connectivity index (χ4n) is 5.13. The molecule has 0 aliphatic rings. The number of nitrogens with zero attached hydrogens (tertiary/aromatic N) is 2. The molecule has 220 valence electrons. The van der Waals surface area contributed by atoms with Gasteiger partial charge in [-0.05, 0) is 51.8 Å². The van der Waals surface area contributed by atoms with Crippen LogP contribution in [-0.2, 0) is 31.9 Å². The van der Waals surface area contributed by atoms with E-state index in [0.717, 1.165) is 39.0 Å². The van der Waals surface area contributed by atoms with Gasteiger partial charge in [0.05, 0.1) is 11.1 Å². The second-order valence-corrected chi connectivity index (χ2v) is 12.9. The number of para-hydroxylation sites is 1. The van der Waals surface area contributed by atoms with E-state index in [9.17, 15) is 5.11 Å². The number of oxazole rings is 1. The Balaban J connectivity index is 0.00000368. The van der Waals surface area contributed by atoms with E-state index >= 15 is 0 Å². The molecule has 0 fully saturated rings. The molecule has 6 rings (SSSR count). The van der Waals surface area contributed by atoms with Gasteiger partial charge in [-0.25, -0.2) is 4.98 Å². The largest absolute Gasteiger partial charge is 0.507 e. The molecule has 0 spiro atoms. The van der Waals surface area contributed by atoms with E-state index in [1.54, 1.807) is 6.07 Å². The van der Waals surface area contributed by atoms with Crippen molar-refractivity contribution in [2.75, 3.05) is 0 Å². The number of aromatic nitrogens is 2. The number of fused-ring (bicyclic) bond motifs is 1. The van der Waals surface area contributed by atoms with E-state index in [4.69, 9.17) is 14.4 Å². The monoisotopic (exact) mass is 746 g/mol. The van der Waals surface area contributed by atoms with Gasteiger partial charge in [0.2, 0.25) is 5.89 Å². The van der Waals surface area contributed by atoms with Crippen LogP contribution in [0.5, 0.6) is 5.75 Å². The summed E-state index contributed by atoms with van der Waals surface area (Å²) in [7, 11) is 0. The summed E-state index contributed by atoms with van der Waals surface area (Å²) in [6.45, 7) is 13.3. The molecule has 2 aromatic heterocycles. The number of hydrogen-bond donors (Lipinski definition) is 1. The van der Waals surface area contributed by atoms with E-state index in [0.29, 0.717) is 17.0 Å². The summed E-state index contributed by atoms with van der Waals surface area (Å²) >= 11 is 0. The molecule has 6 aromatic rings. The number of pyridine rings is 1. The topological polar surface area (TPSA) is 59.2 Å². The quantitative estimate of drug-likeness (QED) is 0.183. The maximum atomic E-state index is 10.8. The van der Waals surface area contributed by atoms with Crippen molar-refractivity contribution in [3.63, 3.8) is 0 Å². The molecular weight excluding hydrogens is 712 g/mol. The van der Waals surface area contributed by atoms with Crippen LogP contribution in [0.3, 0.4) is 0 Å². The maximum Gasteiger partial charge on any atom is 0.230 e. The first-order chi connectivity index (χ1) is 20.0. The van der Waals surface area contributed by atoms with E-state index in [-0.39, 0.29) is 37.6 Å². The molecule has 0 saturated heterocycles. The molecule has 1 N–H and O–H groups in total. The van der Waals surface area contributed by atoms with Gasteiger partial charge < -0.3 is 9.52 Å². The number of phenols is 1. The SMILES string of the molecule is CC(C)(C)c1cc(-c2cc(C(C)(C)C)ccn2)[c-]c(-c2cccc3oc(-c4cc(-c5ccccc5)ccc4O)nc23)c1.[Pt]. The second kappa shape index (κ2) is 11.6. The fourth-order valence-corrected chi connectivity index (χ4v) is 5.13. The zero-order valence-electron chi connectivity index (χ0n) is 25.3. The molecule has 0 amide bonds. The van der Waals surface area contributed by atoms with Crippen molar-refractivity contribution < 1.29 is 30.6 Å². The molecule has 43 heavy (non-hydrogen) atoms. The number of benzene rings is 4. The van der Waals surface area contributed by atoms with Crippen LogP contribution < -0.4 is 0 Å². The van der Waals surface area contributed by atoms with Gasteiger partial charge >= 0.3 is 0 Å². The molecule has 2 heterocycles. The first-order valence-corrected chi connectivity index (χ1v) is 14.3. The van der Waals surface area contributed by atoms with Crippen LogP contribution in [0.2, 0.25) is 0 Å². The van der Waals surface area contributed by atoms with Gasteiger partial charge in [0, 0.05) is 33.0 Å². The average Bonchev–Trinajstić information content (AvgIpc) is 3.41. The van der Waals surface area contributed by atoms with E-state index in [2.05, 4.69) is 77.9 Å². The Hall–Kier alpha value is -4.01. The third-order valence-corrected chi connectivity index (χ3v) is 7.68. The first-order valence-electron chi connectivity index (χ1n) is 14.3. The van der Waals surface area contributed by atoms with Gasteiger partial charge in [-0.2, -0.15) is 0 Å². The van der Waals surface area contributed by atoms with Crippen LogP contribution in [0.15, 0.2) is 102 Å². The molecule has 0 radical (unpaired) electrons. The van der Waals surface area contributed by atoms with Gasteiger partial charge in [0.15, 0.2) is 0 Å². The van der Waals surface area contributed by atoms with Crippen LogP contribution in [0.4, 0.5) is 0 Å². The van der Waals surface area contributed by atoms with Crippen molar-refractivity contribution in [1.29, 1.82) is 0 Å². The Morgan fingerprint density at radius 3 is 2.12 bits per heavy atom. The Morgan fingerprint density at radius 1 is 0.674 bits per heavy atom. The standard InChI is InChI=1S/C38H35N2O2.Pt/c1-37(2,3)28-17-18-39-32(23-28)27-19-26(20-29(21-27)38(4,5)6)30-13-10-14-34-35(30)40-36(42-34)31-22-25(15-16-33(31)41)24-11-8-7-9-12-24;/h7-18,20-23,41H,1-6H3;/q-1;. The first kappa shape index (κ1) is 30.4. The Kier molecular flexibility index (Phi) is 8.20. The number of rotatable bonds is 4. The molecule has 0 aliphatic heterocycles. The van der Waals surface area contributed by atoms with Crippen LogP contribution in [0.25, 0.3) is 56.1 Å². The predicted octanol–water partition coefficient (Wildman–Crippen LogP) is 9.99. The summed E-state index contributed by atoms with van der Waals surface area (Å²) in [5.41, 5.74) is 9.96. The average molecular weight is 747 g/mol. The molecular formula is C38H35N2O2Pt-. The zero-order chi connectivity index (χ0) is 29.6. The summed E-state index contributed by atoms with van der Waals surface area (Å²) in [4.78, 5) is 9.67. The Morgan fingerprint density at radius 2 is 1.40 bits per heavy atom. The van der Waals surface area contributed by atoms with Crippen molar-refractivity contribution in [2.24, 2.45) is 0 Å². The minimum Gasteiger partial charge on any atom is -0.507 e. The van der Waals surface area contributed by atoms with Crippen molar-refractivity contribution in [3.05, 3.63) is 114 Å². The van der Waals surface area contributed by atoms with Crippen LogP contribution in [0, 0.1) is 6.07 Å². The summed E-state index contributed by atoms with van der Waals surface area (Å²) in [5.74, 6) is 0.496. The normalized spacial score (nSPS) is 11.9. The van der Waals surface area contributed by atoms with Gasteiger partial charge in [-0.15, -0.1) is 29.3 Å². The van der Waals surface area contributed by atoms with Gasteiger partial charge in [0.1, 0.15) is 11.3 Å². The molecule has 0 atom stereocenters. The Labute approximate surface area is 268 Å². The predicted molar refractivity (Wildman–Crippen MR) is 171 cm³/mol. The van der Waals surface area contributed by atoms with Crippen LogP contribution in [0.1, 0.15) is 52.7 Å². The minimum atomic E-state index is -0.0905. The molecule has 0 saturated carbocycles. The summed E-state index contributed by atoms with van der Waals surface area (Å²) in [5, 5.41) is 10.8. The van der Waals surface area contributed by atoms with E-state index in [1.165, 1.54) is 11.1 Å². The van der Waals surface area contributed by atoms with Crippen molar-refractivity contribution >= 4 is 11.1 Å². The van der Waals surface area contributed by atoms with Gasteiger partial charge in [0.25, 0.3) is 0 Å². The third-order valence-electron chi connectivity index (χ3n) is 7.68. The van der Waals surface area contributed by atoms with Gasteiger partial charge in [-0.1, -0.05) is 107 Å². The Bertz CT molecular complexity index is 1910. The van der Waals surface area contributed by atoms with Gasteiger partial charge in [-0.3, -0.25) is 4.98 Å². The summed E-state index contributed by atoms with van der Waals surface area (Å²) in [6.07, 6.45) is 1.88. The minimum absolute atomic E-state index is 0. The number of hydrogen-bond acceptors (Lipinski definition) is 4. The van der Waals surface area contributed by atoms with E-state index in [1.807, 2.05) is 60.8 Å². The molecule has 4 aromatic carbocycles. The third kappa shape index (κ3) is 6.21. The maximum absolute atomic E-state index is 10.8. The van der Waals surface area contributed by atoms with Crippen molar-refractivity contribution in [2.45, 2.75) is 52.4 Å². The number of aromatic hydroxyl groups is 1. The van der Waals surface area contributed by atoms with Crippen LogP contribution in [-0.4, -0.2) is 15.1 Å². The van der Waals surface area contributed by atoms with E-state index < -0.39 is 0 Å². The van der Waals surface area contributed by atoms with Crippen LogP contribution >= 0.6 is 0 Å². The molecule has 0 unspecified atom stereocenters. The summed E-state index contributed by atoms with van der Waals surface area (Å²) in [6, 6.07) is 33.8. The fraction of sp³-hybridized carbons (Fsp3) is 0.211.